The zero-order valence-corrected chi connectivity index (χ0v) is 14.0. The predicted octanol–water partition coefficient (Wildman–Crippen LogP) is -0.00380. The van der Waals surface area contributed by atoms with E-state index in [0.717, 1.165) is 31.9 Å². The van der Waals surface area contributed by atoms with Crippen molar-refractivity contribution in [3.05, 3.63) is 56.9 Å². The number of aromatic amines is 2. The first-order valence-corrected chi connectivity index (χ1v) is 8.15. The Kier molecular flexibility index (Phi) is 4.99. The highest BCUT2D eigenvalue weighted by atomic mass is 16.2. The van der Waals surface area contributed by atoms with Gasteiger partial charge in [-0.05, 0) is 31.3 Å². The van der Waals surface area contributed by atoms with Gasteiger partial charge in [0.25, 0.3) is 5.56 Å². The van der Waals surface area contributed by atoms with Crippen molar-refractivity contribution in [3.63, 3.8) is 0 Å². The lowest BCUT2D eigenvalue weighted by atomic mass is 10.2. The molecule has 0 bridgehead atoms. The van der Waals surface area contributed by atoms with E-state index in [2.05, 4.69) is 32.1 Å². The summed E-state index contributed by atoms with van der Waals surface area (Å²) in [7, 11) is 2.11. The summed E-state index contributed by atoms with van der Waals surface area (Å²) in [6, 6.07) is 8.88. The molecule has 1 amide bonds. The highest BCUT2D eigenvalue weighted by molar-refractivity contribution is 5.92. The number of carbonyl (C=O) groups is 1. The quantitative estimate of drug-likeness (QED) is 0.725. The van der Waals surface area contributed by atoms with Crippen LogP contribution in [-0.4, -0.2) is 54.0 Å². The zero-order valence-electron chi connectivity index (χ0n) is 14.0. The molecule has 2 aromatic rings. The SMILES string of the molecule is CN1CCN(c2ccc(NC(=O)Cc3cc(=O)[nH]c(=O)[nH]3)cc2)CC1. The van der Waals surface area contributed by atoms with Gasteiger partial charge in [-0.1, -0.05) is 0 Å². The Labute approximate surface area is 144 Å². The fraction of sp³-hybridized carbons (Fsp3) is 0.353. The van der Waals surface area contributed by atoms with Crippen molar-refractivity contribution in [2.24, 2.45) is 0 Å². The van der Waals surface area contributed by atoms with Crippen LogP contribution in [-0.2, 0) is 11.2 Å². The van der Waals surface area contributed by atoms with E-state index in [0.29, 0.717) is 5.69 Å². The molecule has 25 heavy (non-hydrogen) atoms. The maximum atomic E-state index is 12.1. The van der Waals surface area contributed by atoms with E-state index in [1.807, 2.05) is 24.3 Å². The van der Waals surface area contributed by atoms with Gasteiger partial charge in [-0.3, -0.25) is 14.6 Å². The van der Waals surface area contributed by atoms with Gasteiger partial charge in [0.2, 0.25) is 5.91 Å². The highest BCUT2D eigenvalue weighted by Gasteiger charge is 2.14. The lowest BCUT2D eigenvalue weighted by Crippen LogP contribution is -2.44. The van der Waals surface area contributed by atoms with E-state index in [9.17, 15) is 14.4 Å². The highest BCUT2D eigenvalue weighted by Crippen LogP contribution is 2.19. The second-order valence-corrected chi connectivity index (χ2v) is 6.18. The van der Waals surface area contributed by atoms with Crippen LogP contribution in [0.3, 0.4) is 0 Å². The standard InChI is InChI=1S/C17H21N5O3/c1-21-6-8-22(9-7-21)14-4-2-12(3-5-14)18-15(23)10-13-11-16(24)20-17(25)19-13/h2-5,11H,6-10H2,1H3,(H,18,23)(H2,19,20,24,25). The van der Waals surface area contributed by atoms with Crippen LogP contribution in [0.5, 0.6) is 0 Å². The number of anilines is 2. The summed E-state index contributed by atoms with van der Waals surface area (Å²) in [5.41, 5.74) is 0.940. The van der Waals surface area contributed by atoms with Crippen molar-refractivity contribution in [2.45, 2.75) is 6.42 Å². The maximum absolute atomic E-state index is 12.1. The molecule has 1 aliphatic rings. The minimum atomic E-state index is -0.619. The summed E-state index contributed by atoms with van der Waals surface area (Å²) in [6.07, 6.45) is -0.0701. The minimum Gasteiger partial charge on any atom is -0.369 e. The van der Waals surface area contributed by atoms with Gasteiger partial charge in [-0.2, -0.15) is 0 Å². The number of carbonyl (C=O) groups excluding carboxylic acids is 1. The molecule has 2 heterocycles. The van der Waals surface area contributed by atoms with Gasteiger partial charge in [0.1, 0.15) is 0 Å². The Morgan fingerprint density at radius 1 is 1.08 bits per heavy atom. The second kappa shape index (κ2) is 7.35. The number of hydrogen-bond acceptors (Lipinski definition) is 5. The average molecular weight is 343 g/mol. The first kappa shape index (κ1) is 17.0. The smallest absolute Gasteiger partial charge is 0.325 e. The monoisotopic (exact) mass is 343 g/mol. The number of likely N-dealkylation sites (N-methyl/N-ethyl adjacent to an activating group) is 1. The number of nitrogens with one attached hydrogen (secondary N) is 3. The van der Waals surface area contributed by atoms with Gasteiger partial charge in [0.05, 0.1) is 6.42 Å². The topological polar surface area (TPSA) is 101 Å². The Morgan fingerprint density at radius 3 is 2.40 bits per heavy atom. The third kappa shape index (κ3) is 4.57. The van der Waals surface area contributed by atoms with Crippen molar-refractivity contribution in [3.8, 4) is 0 Å². The summed E-state index contributed by atoms with van der Waals surface area (Å²) in [4.78, 5) is 43.6. The molecule has 1 fully saturated rings. The molecular weight excluding hydrogens is 322 g/mol. The van der Waals surface area contributed by atoms with Crippen molar-refractivity contribution in [2.75, 3.05) is 43.4 Å². The molecule has 1 aromatic carbocycles. The third-order valence-electron chi connectivity index (χ3n) is 4.19. The van der Waals surface area contributed by atoms with Gasteiger partial charge in [-0.25, -0.2) is 4.79 Å². The summed E-state index contributed by atoms with van der Waals surface area (Å²) in [5, 5.41) is 2.77. The Morgan fingerprint density at radius 2 is 1.76 bits per heavy atom. The van der Waals surface area contributed by atoms with Crippen molar-refractivity contribution in [1.29, 1.82) is 0 Å². The number of hydrogen-bond donors (Lipinski definition) is 3. The number of piperazine rings is 1. The van der Waals surface area contributed by atoms with Crippen molar-refractivity contribution in [1.82, 2.24) is 14.9 Å². The third-order valence-corrected chi connectivity index (χ3v) is 4.19. The normalized spacial score (nSPS) is 15.2. The molecule has 0 unspecified atom stereocenters. The number of H-pyrrole nitrogens is 2. The number of amides is 1. The lowest BCUT2D eigenvalue weighted by Gasteiger charge is -2.34. The van der Waals surface area contributed by atoms with Crippen LogP contribution >= 0.6 is 0 Å². The van der Waals surface area contributed by atoms with Crippen molar-refractivity contribution < 1.29 is 4.79 Å². The first-order chi connectivity index (χ1) is 12.0. The minimum absolute atomic E-state index is 0.0701. The van der Waals surface area contributed by atoms with Gasteiger partial charge >= 0.3 is 5.69 Å². The van der Waals surface area contributed by atoms with Crippen LogP contribution in [0, 0.1) is 0 Å². The molecule has 3 N–H and O–H groups in total. The Balaban J connectivity index is 1.60. The van der Waals surface area contributed by atoms with Gasteiger partial charge in [0, 0.05) is 49.3 Å². The second-order valence-electron chi connectivity index (χ2n) is 6.18. The van der Waals surface area contributed by atoms with Crippen LogP contribution in [0.2, 0.25) is 0 Å². The molecule has 1 aliphatic heterocycles. The molecule has 0 atom stereocenters. The molecule has 0 spiro atoms. The molecule has 0 radical (unpaired) electrons. The van der Waals surface area contributed by atoms with E-state index in [4.69, 9.17) is 0 Å². The van der Waals surface area contributed by atoms with Gasteiger partial charge < -0.3 is 20.1 Å². The fourth-order valence-corrected chi connectivity index (χ4v) is 2.81. The molecule has 8 nitrogen and oxygen atoms in total. The van der Waals surface area contributed by atoms with Crippen LogP contribution < -0.4 is 21.5 Å². The molecule has 1 aromatic heterocycles. The summed E-state index contributed by atoms with van der Waals surface area (Å²) >= 11 is 0. The number of nitrogens with zero attached hydrogens (tertiary/aromatic N) is 2. The van der Waals surface area contributed by atoms with Crippen LogP contribution in [0.1, 0.15) is 5.69 Å². The molecule has 0 saturated carbocycles. The molecule has 1 saturated heterocycles. The van der Waals surface area contributed by atoms with Gasteiger partial charge in [-0.15, -0.1) is 0 Å². The fourth-order valence-electron chi connectivity index (χ4n) is 2.81. The van der Waals surface area contributed by atoms with Crippen LogP contribution in [0.15, 0.2) is 39.9 Å². The molecule has 0 aliphatic carbocycles. The van der Waals surface area contributed by atoms with E-state index in [1.54, 1.807) is 0 Å². The molecular formula is C17H21N5O3. The Bertz CT molecular complexity index is 819. The summed E-state index contributed by atoms with van der Waals surface area (Å²) in [6.45, 7) is 4.04. The summed E-state index contributed by atoms with van der Waals surface area (Å²) < 4.78 is 0. The summed E-state index contributed by atoms with van der Waals surface area (Å²) in [5.74, 6) is -0.298. The van der Waals surface area contributed by atoms with Crippen LogP contribution in [0.25, 0.3) is 0 Å². The molecule has 3 rings (SSSR count). The largest absolute Gasteiger partial charge is 0.369 e. The molecule has 8 heteroatoms. The van der Waals surface area contributed by atoms with E-state index < -0.39 is 11.2 Å². The Hall–Kier alpha value is -2.87. The number of aromatic nitrogens is 2. The molecule has 132 valence electrons. The lowest BCUT2D eigenvalue weighted by molar-refractivity contribution is -0.115. The van der Waals surface area contributed by atoms with E-state index in [-0.39, 0.29) is 18.0 Å². The number of benzene rings is 1. The van der Waals surface area contributed by atoms with Crippen LogP contribution in [0.4, 0.5) is 11.4 Å². The average Bonchev–Trinajstić information content (AvgIpc) is 2.55. The van der Waals surface area contributed by atoms with E-state index >= 15 is 0 Å². The van der Waals surface area contributed by atoms with E-state index in [1.165, 1.54) is 6.07 Å². The maximum Gasteiger partial charge on any atom is 0.325 e. The zero-order chi connectivity index (χ0) is 17.8. The first-order valence-electron chi connectivity index (χ1n) is 8.15. The number of rotatable bonds is 4. The van der Waals surface area contributed by atoms with Crippen molar-refractivity contribution >= 4 is 17.3 Å². The predicted molar refractivity (Wildman–Crippen MR) is 96.2 cm³/mol. The van der Waals surface area contributed by atoms with Gasteiger partial charge in [0.15, 0.2) is 0 Å².